The van der Waals surface area contributed by atoms with Gasteiger partial charge in [-0.3, -0.25) is 14.4 Å². The van der Waals surface area contributed by atoms with Crippen molar-refractivity contribution in [2.75, 3.05) is 10.6 Å². The Morgan fingerprint density at radius 3 is 2.29 bits per heavy atom. The van der Waals surface area contributed by atoms with E-state index in [1.165, 1.54) is 18.3 Å². The quantitative estimate of drug-likeness (QED) is 0.774. The van der Waals surface area contributed by atoms with Gasteiger partial charge in [-0.05, 0) is 38.1 Å². The van der Waals surface area contributed by atoms with Crippen molar-refractivity contribution in [3.63, 3.8) is 0 Å². The number of aromatic nitrogens is 1. The number of hydrogen-bond donors (Lipinski definition) is 3. The lowest BCUT2D eigenvalue weighted by molar-refractivity contribution is -0.114. The average Bonchev–Trinajstić information content (AvgIpc) is 2.95. The van der Waals surface area contributed by atoms with E-state index < -0.39 is 0 Å². The first-order valence-electron chi connectivity index (χ1n) is 7.30. The second-order valence-corrected chi connectivity index (χ2v) is 6.24. The van der Waals surface area contributed by atoms with Gasteiger partial charge in [-0.2, -0.15) is 0 Å². The van der Waals surface area contributed by atoms with Crippen molar-refractivity contribution in [2.45, 2.75) is 26.8 Å². The van der Waals surface area contributed by atoms with Crippen LogP contribution in [0.1, 0.15) is 41.6 Å². The molecule has 2 aromatic rings. The monoisotopic (exact) mass is 346 g/mol. The number of thiazole rings is 1. The lowest BCUT2D eigenvalue weighted by Crippen LogP contribution is -2.30. The van der Waals surface area contributed by atoms with Crippen molar-refractivity contribution in [1.29, 1.82) is 0 Å². The average molecular weight is 346 g/mol. The highest BCUT2D eigenvalue weighted by molar-refractivity contribution is 7.14. The van der Waals surface area contributed by atoms with E-state index in [0.29, 0.717) is 16.4 Å². The van der Waals surface area contributed by atoms with E-state index in [-0.39, 0.29) is 29.5 Å². The zero-order valence-electron chi connectivity index (χ0n) is 13.5. The summed E-state index contributed by atoms with van der Waals surface area (Å²) >= 11 is 1.17. The van der Waals surface area contributed by atoms with Crippen LogP contribution < -0.4 is 16.0 Å². The Morgan fingerprint density at radius 2 is 1.71 bits per heavy atom. The number of rotatable bonds is 5. The van der Waals surface area contributed by atoms with Gasteiger partial charge in [0.05, 0.1) is 0 Å². The van der Waals surface area contributed by atoms with Crippen molar-refractivity contribution in [2.24, 2.45) is 0 Å². The lowest BCUT2D eigenvalue weighted by Gasteiger charge is -2.09. The molecular formula is C16H18N4O3S. The van der Waals surface area contributed by atoms with E-state index in [0.717, 1.165) is 0 Å². The molecule has 1 aromatic carbocycles. The third-order valence-corrected chi connectivity index (χ3v) is 3.60. The van der Waals surface area contributed by atoms with Crippen LogP contribution in [0.15, 0.2) is 29.6 Å². The van der Waals surface area contributed by atoms with Gasteiger partial charge in [0.2, 0.25) is 5.91 Å². The first kappa shape index (κ1) is 17.6. The van der Waals surface area contributed by atoms with Crippen molar-refractivity contribution < 1.29 is 14.4 Å². The minimum atomic E-state index is -0.387. The Labute approximate surface area is 143 Å². The summed E-state index contributed by atoms with van der Waals surface area (Å²) in [5.74, 6) is -0.795. The topological polar surface area (TPSA) is 100 Å². The molecule has 1 aromatic heterocycles. The molecule has 0 bridgehead atoms. The van der Waals surface area contributed by atoms with Crippen LogP contribution in [0, 0.1) is 0 Å². The maximum atomic E-state index is 12.1. The maximum absolute atomic E-state index is 12.1. The zero-order valence-corrected chi connectivity index (χ0v) is 14.4. The van der Waals surface area contributed by atoms with Gasteiger partial charge in [-0.15, -0.1) is 11.3 Å². The summed E-state index contributed by atoms with van der Waals surface area (Å²) in [6, 6.07) is 6.62. The number of carbonyl (C=O) groups excluding carboxylic acids is 3. The smallest absolute Gasteiger partial charge is 0.275 e. The summed E-state index contributed by atoms with van der Waals surface area (Å²) in [6.45, 7) is 5.14. The standard InChI is InChI=1S/C16H18N4O3S/c1-9(2)17-14(22)11-4-6-12(7-5-11)19-15(23)13-8-24-16(20-13)18-10(3)21/h4-9H,1-3H3,(H,17,22)(H,19,23)(H,18,20,21). The Bertz CT molecular complexity index is 753. The molecule has 0 aliphatic carbocycles. The molecule has 0 saturated carbocycles. The molecule has 3 N–H and O–H groups in total. The Kier molecular flexibility index (Phi) is 5.64. The van der Waals surface area contributed by atoms with E-state index >= 15 is 0 Å². The Hall–Kier alpha value is -2.74. The van der Waals surface area contributed by atoms with Gasteiger partial charge < -0.3 is 16.0 Å². The SMILES string of the molecule is CC(=O)Nc1nc(C(=O)Nc2ccc(C(=O)NC(C)C)cc2)cs1. The highest BCUT2D eigenvalue weighted by atomic mass is 32.1. The molecule has 8 heteroatoms. The van der Waals surface area contributed by atoms with Crippen molar-refractivity contribution in [1.82, 2.24) is 10.3 Å². The fourth-order valence-electron chi connectivity index (χ4n) is 1.83. The third kappa shape index (κ3) is 4.88. The Morgan fingerprint density at radius 1 is 1.04 bits per heavy atom. The second kappa shape index (κ2) is 7.69. The fourth-order valence-corrected chi connectivity index (χ4v) is 2.57. The fraction of sp³-hybridized carbons (Fsp3) is 0.250. The molecule has 0 unspecified atom stereocenters. The minimum absolute atomic E-state index is 0.0550. The Balaban J connectivity index is 2.00. The summed E-state index contributed by atoms with van der Waals surface area (Å²) in [7, 11) is 0. The minimum Gasteiger partial charge on any atom is -0.350 e. The van der Waals surface area contributed by atoms with E-state index in [1.54, 1.807) is 29.6 Å². The number of benzene rings is 1. The van der Waals surface area contributed by atoms with Crippen molar-refractivity contribution in [3.8, 4) is 0 Å². The molecule has 7 nitrogen and oxygen atoms in total. The number of nitrogens with one attached hydrogen (secondary N) is 3. The maximum Gasteiger partial charge on any atom is 0.275 e. The van der Waals surface area contributed by atoms with Gasteiger partial charge in [0.15, 0.2) is 5.13 Å². The molecule has 0 aliphatic rings. The second-order valence-electron chi connectivity index (χ2n) is 5.38. The van der Waals surface area contributed by atoms with E-state index in [4.69, 9.17) is 0 Å². The van der Waals surface area contributed by atoms with Crippen LogP contribution in [0.5, 0.6) is 0 Å². The van der Waals surface area contributed by atoms with Crippen LogP contribution in [0.25, 0.3) is 0 Å². The van der Waals surface area contributed by atoms with Crippen LogP contribution in [0.2, 0.25) is 0 Å². The molecule has 2 rings (SSSR count). The number of nitrogens with zero attached hydrogens (tertiary/aromatic N) is 1. The molecule has 3 amide bonds. The lowest BCUT2D eigenvalue weighted by atomic mass is 10.2. The molecular weight excluding hydrogens is 328 g/mol. The third-order valence-electron chi connectivity index (χ3n) is 2.84. The molecule has 0 radical (unpaired) electrons. The van der Waals surface area contributed by atoms with Crippen molar-refractivity contribution >= 4 is 39.9 Å². The van der Waals surface area contributed by atoms with E-state index in [2.05, 4.69) is 20.9 Å². The van der Waals surface area contributed by atoms with Crippen LogP contribution >= 0.6 is 11.3 Å². The van der Waals surface area contributed by atoms with E-state index in [1.807, 2.05) is 13.8 Å². The predicted molar refractivity (Wildman–Crippen MR) is 93.4 cm³/mol. The summed E-state index contributed by atoms with van der Waals surface area (Å²) in [6.07, 6.45) is 0. The molecule has 0 spiro atoms. The highest BCUT2D eigenvalue weighted by Gasteiger charge is 2.12. The number of hydrogen-bond acceptors (Lipinski definition) is 5. The normalized spacial score (nSPS) is 10.3. The molecule has 0 aliphatic heterocycles. The van der Waals surface area contributed by atoms with Crippen LogP contribution in [-0.4, -0.2) is 28.7 Å². The highest BCUT2D eigenvalue weighted by Crippen LogP contribution is 2.17. The first-order chi connectivity index (χ1) is 11.3. The first-order valence-corrected chi connectivity index (χ1v) is 8.18. The largest absolute Gasteiger partial charge is 0.350 e. The number of carbonyl (C=O) groups is 3. The van der Waals surface area contributed by atoms with Gasteiger partial charge in [-0.25, -0.2) is 4.98 Å². The summed E-state index contributed by atoms with van der Waals surface area (Å²) in [5.41, 5.74) is 1.28. The van der Waals surface area contributed by atoms with Gasteiger partial charge in [0, 0.05) is 29.6 Å². The molecule has 0 fully saturated rings. The molecule has 126 valence electrons. The van der Waals surface area contributed by atoms with Gasteiger partial charge in [-0.1, -0.05) is 0 Å². The summed E-state index contributed by atoms with van der Waals surface area (Å²) in [5, 5.41) is 9.94. The van der Waals surface area contributed by atoms with E-state index in [9.17, 15) is 14.4 Å². The van der Waals surface area contributed by atoms with Crippen LogP contribution in [0.3, 0.4) is 0 Å². The number of anilines is 2. The van der Waals surface area contributed by atoms with Gasteiger partial charge in [0.1, 0.15) is 5.69 Å². The summed E-state index contributed by atoms with van der Waals surface area (Å²) in [4.78, 5) is 39.0. The molecule has 0 saturated heterocycles. The zero-order chi connectivity index (χ0) is 17.7. The van der Waals surface area contributed by atoms with Crippen molar-refractivity contribution in [3.05, 3.63) is 40.9 Å². The molecule has 24 heavy (non-hydrogen) atoms. The molecule has 0 atom stereocenters. The number of amides is 3. The van der Waals surface area contributed by atoms with Crippen LogP contribution in [-0.2, 0) is 4.79 Å². The van der Waals surface area contributed by atoms with Gasteiger partial charge in [0.25, 0.3) is 11.8 Å². The van der Waals surface area contributed by atoms with Gasteiger partial charge >= 0.3 is 0 Å². The van der Waals surface area contributed by atoms with Crippen LogP contribution in [0.4, 0.5) is 10.8 Å². The molecule has 1 heterocycles. The predicted octanol–water partition coefficient (Wildman–Crippen LogP) is 2.49. The summed E-state index contributed by atoms with van der Waals surface area (Å²) < 4.78 is 0.